The van der Waals surface area contributed by atoms with Gasteiger partial charge in [0.25, 0.3) is 5.56 Å². The van der Waals surface area contributed by atoms with Gasteiger partial charge in [0.1, 0.15) is 17.5 Å². The van der Waals surface area contributed by atoms with E-state index in [-0.39, 0.29) is 23.5 Å². The number of thiazole rings is 1. The van der Waals surface area contributed by atoms with Gasteiger partial charge >= 0.3 is 5.97 Å². The summed E-state index contributed by atoms with van der Waals surface area (Å²) in [6, 6.07) is 14.3. The van der Waals surface area contributed by atoms with Gasteiger partial charge in [0.05, 0.1) is 33.1 Å². The van der Waals surface area contributed by atoms with E-state index >= 15 is 0 Å². The number of nitrogens with zero attached hydrogens (tertiary/aromatic N) is 2. The molecule has 0 amide bonds. The molecule has 1 N–H and O–H groups in total. The van der Waals surface area contributed by atoms with Crippen molar-refractivity contribution in [3.8, 4) is 11.5 Å². The molecule has 7 nitrogen and oxygen atoms in total. The molecule has 38 heavy (non-hydrogen) atoms. The quantitative estimate of drug-likeness (QED) is 0.233. The Hall–Kier alpha value is -2.96. The van der Waals surface area contributed by atoms with Gasteiger partial charge in [-0.05, 0) is 71.5 Å². The van der Waals surface area contributed by atoms with E-state index in [1.807, 2.05) is 59.0 Å². The lowest BCUT2D eigenvalue weighted by atomic mass is 9.90. The van der Waals surface area contributed by atoms with Gasteiger partial charge < -0.3 is 14.6 Å². The smallest absolute Gasteiger partial charge is 0.338 e. The Kier molecular flexibility index (Phi) is 7.47. The zero-order chi connectivity index (χ0) is 27.1. The fourth-order valence-electron chi connectivity index (χ4n) is 4.64. The topological polar surface area (TPSA) is 90.1 Å². The lowest BCUT2D eigenvalue weighted by Gasteiger charge is -2.27. The molecule has 1 atom stereocenters. The highest BCUT2D eigenvalue weighted by atomic mass is 127. The van der Waals surface area contributed by atoms with Crippen molar-refractivity contribution < 1.29 is 19.4 Å². The summed E-state index contributed by atoms with van der Waals surface area (Å²) in [5.74, 6) is 0.0801. The largest absolute Gasteiger partial charge is 0.506 e. The predicted molar refractivity (Wildman–Crippen MR) is 159 cm³/mol. The first-order valence-electron chi connectivity index (χ1n) is 11.7. The number of rotatable bonds is 5. The number of aromatic hydroxyl groups is 1. The fraction of sp³-hybridized carbons (Fsp3) is 0.179. The molecule has 0 saturated heterocycles. The third-order valence-corrected chi connectivity index (χ3v) is 8.55. The summed E-state index contributed by atoms with van der Waals surface area (Å²) >= 11 is 6.69. The first-order chi connectivity index (χ1) is 18.2. The second kappa shape index (κ2) is 10.7. The van der Waals surface area contributed by atoms with E-state index in [0.29, 0.717) is 35.5 Å². The zero-order valence-corrected chi connectivity index (χ0v) is 25.2. The van der Waals surface area contributed by atoms with Crippen LogP contribution in [0.3, 0.4) is 0 Å². The van der Waals surface area contributed by atoms with Gasteiger partial charge in [0, 0.05) is 15.6 Å². The molecule has 4 aromatic rings. The van der Waals surface area contributed by atoms with E-state index < -0.39 is 12.0 Å². The summed E-state index contributed by atoms with van der Waals surface area (Å²) in [5.41, 5.74) is 1.58. The van der Waals surface area contributed by atoms with Crippen molar-refractivity contribution in [2.24, 2.45) is 4.99 Å². The molecule has 1 aliphatic heterocycles. The van der Waals surface area contributed by atoms with Crippen LogP contribution in [0.15, 0.2) is 74.1 Å². The van der Waals surface area contributed by atoms with Crippen LogP contribution in [0.5, 0.6) is 11.5 Å². The average Bonchev–Trinajstić information content (AvgIpc) is 3.19. The Bertz CT molecular complexity index is 1830. The van der Waals surface area contributed by atoms with Crippen LogP contribution in [0, 0.1) is 3.57 Å². The Morgan fingerprint density at radius 1 is 1.26 bits per heavy atom. The third-order valence-electron chi connectivity index (χ3n) is 6.29. The first kappa shape index (κ1) is 26.6. The molecule has 10 heteroatoms. The highest BCUT2D eigenvalue weighted by Gasteiger charge is 2.36. The van der Waals surface area contributed by atoms with E-state index in [2.05, 4.69) is 20.9 Å². The number of phenolic OH excluding ortho intramolecular Hbond substituents is 1. The normalized spacial score (nSPS) is 15.4. The number of hydrogen-bond donors (Lipinski definition) is 1. The maximum Gasteiger partial charge on any atom is 0.338 e. The summed E-state index contributed by atoms with van der Waals surface area (Å²) in [6.45, 7) is 3.67. The molecule has 2 heterocycles. The fourth-order valence-corrected chi connectivity index (χ4v) is 7.23. The van der Waals surface area contributed by atoms with Crippen molar-refractivity contribution in [2.45, 2.75) is 19.9 Å². The van der Waals surface area contributed by atoms with Crippen molar-refractivity contribution in [2.75, 3.05) is 13.7 Å². The van der Waals surface area contributed by atoms with Crippen molar-refractivity contribution in [3.63, 3.8) is 0 Å². The number of phenols is 1. The van der Waals surface area contributed by atoms with Crippen LogP contribution in [0.25, 0.3) is 16.8 Å². The average molecular weight is 705 g/mol. The Morgan fingerprint density at radius 2 is 2.03 bits per heavy atom. The standard InChI is InChI=1S/C28H22BrIN2O5S/c1-4-37-27(35)22-14(2)31-28-32(24(22)23-18-8-6-5-7-15(18)9-10-20(23)36-3)26(34)21(38-28)12-16-11-17(29)13-19(30)25(16)33/h5-13,24,33H,4H2,1-3H3/b21-12+/t24-/m0/s1. The minimum absolute atomic E-state index is 0.0790. The Balaban J connectivity index is 1.86. The second-order valence-corrected chi connectivity index (χ2v) is 11.6. The number of benzene rings is 3. The third kappa shape index (κ3) is 4.58. The molecular formula is C28H22BrIN2O5S. The van der Waals surface area contributed by atoms with Crippen LogP contribution in [-0.2, 0) is 9.53 Å². The lowest BCUT2D eigenvalue weighted by molar-refractivity contribution is -0.139. The molecule has 0 saturated carbocycles. The molecule has 0 unspecified atom stereocenters. The van der Waals surface area contributed by atoms with Crippen LogP contribution >= 0.6 is 49.9 Å². The second-order valence-electron chi connectivity index (χ2n) is 8.53. The van der Waals surface area contributed by atoms with Crippen LogP contribution in [0.4, 0.5) is 0 Å². The molecule has 5 rings (SSSR count). The van der Waals surface area contributed by atoms with E-state index in [1.54, 1.807) is 39.2 Å². The molecule has 0 aliphatic carbocycles. The number of carbonyl (C=O) groups is 1. The molecular weight excluding hydrogens is 683 g/mol. The highest BCUT2D eigenvalue weighted by Crippen LogP contribution is 2.40. The SMILES string of the molecule is CCOC(=O)C1=C(C)N=c2s/c(=C/c3cc(Br)cc(I)c3O)c(=O)n2[C@@H]1c1c(OC)ccc2ccccc12. The number of ether oxygens (including phenoxy) is 2. The van der Waals surface area contributed by atoms with Gasteiger partial charge in [-0.3, -0.25) is 9.36 Å². The van der Waals surface area contributed by atoms with Gasteiger partial charge in [-0.1, -0.05) is 57.6 Å². The summed E-state index contributed by atoms with van der Waals surface area (Å²) in [4.78, 5) is 32.4. The minimum Gasteiger partial charge on any atom is -0.506 e. The molecule has 3 aromatic carbocycles. The molecule has 0 radical (unpaired) electrons. The number of halogens is 2. The van der Waals surface area contributed by atoms with Crippen molar-refractivity contribution in [1.82, 2.24) is 4.57 Å². The summed E-state index contributed by atoms with van der Waals surface area (Å²) in [5, 5.41) is 12.4. The van der Waals surface area contributed by atoms with Crippen LogP contribution < -0.4 is 19.6 Å². The van der Waals surface area contributed by atoms with Crippen LogP contribution in [-0.4, -0.2) is 29.4 Å². The van der Waals surface area contributed by atoms with Gasteiger partial charge in [0.2, 0.25) is 0 Å². The minimum atomic E-state index is -0.829. The molecule has 194 valence electrons. The molecule has 0 spiro atoms. The monoisotopic (exact) mass is 704 g/mol. The number of aromatic nitrogens is 1. The van der Waals surface area contributed by atoms with E-state index in [9.17, 15) is 14.7 Å². The Labute approximate surface area is 244 Å². The molecule has 1 aromatic heterocycles. The van der Waals surface area contributed by atoms with Gasteiger partial charge in [-0.2, -0.15) is 0 Å². The van der Waals surface area contributed by atoms with Gasteiger partial charge in [0.15, 0.2) is 4.80 Å². The maximum atomic E-state index is 14.0. The molecule has 0 bridgehead atoms. The summed E-state index contributed by atoms with van der Waals surface area (Å²) < 4.78 is 14.5. The van der Waals surface area contributed by atoms with Crippen LogP contribution in [0.1, 0.15) is 31.0 Å². The maximum absolute atomic E-state index is 14.0. The van der Waals surface area contributed by atoms with Crippen molar-refractivity contribution in [3.05, 3.63) is 98.7 Å². The first-order valence-corrected chi connectivity index (χ1v) is 14.4. The zero-order valence-electron chi connectivity index (χ0n) is 20.6. The number of methoxy groups -OCH3 is 1. The van der Waals surface area contributed by atoms with E-state index in [4.69, 9.17) is 9.47 Å². The van der Waals surface area contributed by atoms with Crippen molar-refractivity contribution >= 4 is 72.7 Å². The number of fused-ring (bicyclic) bond motifs is 2. The van der Waals surface area contributed by atoms with E-state index in [1.165, 1.54) is 15.9 Å². The van der Waals surface area contributed by atoms with Crippen molar-refractivity contribution in [1.29, 1.82) is 0 Å². The van der Waals surface area contributed by atoms with Gasteiger partial charge in [-0.15, -0.1) is 0 Å². The molecule has 0 fully saturated rings. The Morgan fingerprint density at radius 3 is 2.76 bits per heavy atom. The summed E-state index contributed by atoms with van der Waals surface area (Å²) in [7, 11) is 1.57. The number of allylic oxidation sites excluding steroid dienone is 1. The number of carbonyl (C=O) groups excluding carboxylic acids is 1. The van der Waals surface area contributed by atoms with E-state index in [0.717, 1.165) is 15.2 Å². The summed E-state index contributed by atoms with van der Waals surface area (Å²) in [6.07, 6.45) is 1.65. The number of esters is 1. The lowest BCUT2D eigenvalue weighted by Crippen LogP contribution is -2.40. The van der Waals surface area contributed by atoms with Gasteiger partial charge in [-0.25, -0.2) is 9.79 Å². The number of hydrogen-bond acceptors (Lipinski definition) is 7. The highest BCUT2D eigenvalue weighted by molar-refractivity contribution is 14.1. The van der Waals surface area contributed by atoms with Crippen LogP contribution in [0.2, 0.25) is 0 Å². The predicted octanol–water partition coefficient (Wildman–Crippen LogP) is 5.03. The molecule has 1 aliphatic rings.